The molecule has 24 heavy (non-hydrogen) atoms. The molecule has 2 aliphatic heterocycles. The van der Waals surface area contributed by atoms with Crippen molar-refractivity contribution in [3.63, 3.8) is 0 Å². The zero-order valence-electron chi connectivity index (χ0n) is 13.4. The summed E-state index contributed by atoms with van der Waals surface area (Å²) in [5.41, 5.74) is 1.05. The second-order valence-electron chi connectivity index (χ2n) is 6.39. The van der Waals surface area contributed by atoms with Crippen molar-refractivity contribution in [2.24, 2.45) is 0 Å². The molecule has 8 heteroatoms. The highest BCUT2D eigenvalue weighted by atomic mass is 32.2. The van der Waals surface area contributed by atoms with E-state index in [0.29, 0.717) is 11.5 Å². The van der Waals surface area contributed by atoms with E-state index < -0.39 is 16.4 Å². The Kier molecular flexibility index (Phi) is 5.36. The molecule has 1 unspecified atom stereocenters. The van der Waals surface area contributed by atoms with Gasteiger partial charge in [-0.25, -0.2) is 8.42 Å². The number of ether oxygens (including phenoxy) is 1. The van der Waals surface area contributed by atoms with Crippen LogP contribution in [0.2, 0.25) is 0 Å². The number of halogens is 2. The minimum atomic E-state index is -2.84. The minimum absolute atomic E-state index is 0.168. The molecule has 134 valence electrons. The van der Waals surface area contributed by atoms with Crippen LogP contribution in [0.25, 0.3) is 0 Å². The molecule has 0 amide bonds. The van der Waals surface area contributed by atoms with E-state index in [1.165, 1.54) is 0 Å². The van der Waals surface area contributed by atoms with Gasteiger partial charge in [0, 0.05) is 38.8 Å². The summed E-state index contributed by atoms with van der Waals surface area (Å²) in [5, 5.41) is 0. The van der Waals surface area contributed by atoms with Crippen molar-refractivity contribution in [2.75, 3.05) is 37.7 Å². The minimum Gasteiger partial charge on any atom is -0.435 e. The Bertz CT molecular complexity index is 644. The highest BCUT2D eigenvalue weighted by molar-refractivity contribution is 7.91. The number of rotatable bonds is 5. The number of nitrogens with zero attached hydrogens (tertiary/aromatic N) is 2. The summed E-state index contributed by atoms with van der Waals surface area (Å²) in [5.74, 6) is 0.768. The SMILES string of the molecule is O=S1(=O)CCC(N2CCN(Cc3ccc(OC(F)F)cc3)CC2)C1. The molecular weight excluding hydrogens is 338 g/mol. The summed E-state index contributed by atoms with van der Waals surface area (Å²) in [6.07, 6.45) is 0.744. The van der Waals surface area contributed by atoms with Gasteiger partial charge < -0.3 is 4.74 Å². The molecule has 3 rings (SSSR count). The van der Waals surface area contributed by atoms with Gasteiger partial charge in [0.25, 0.3) is 0 Å². The first-order valence-corrected chi connectivity index (χ1v) is 9.94. The van der Waals surface area contributed by atoms with E-state index in [-0.39, 0.29) is 11.8 Å². The average Bonchev–Trinajstić information content (AvgIpc) is 2.90. The van der Waals surface area contributed by atoms with E-state index in [4.69, 9.17) is 0 Å². The molecule has 0 radical (unpaired) electrons. The molecule has 1 aromatic rings. The molecule has 0 aliphatic carbocycles. The van der Waals surface area contributed by atoms with Gasteiger partial charge in [0.05, 0.1) is 11.5 Å². The second kappa shape index (κ2) is 7.33. The Hall–Kier alpha value is -1.25. The fourth-order valence-electron chi connectivity index (χ4n) is 3.38. The first-order valence-electron chi connectivity index (χ1n) is 8.12. The van der Waals surface area contributed by atoms with E-state index >= 15 is 0 Å². The van der Waals surface area contributed by atoms with Crippen LogP contribution in [0.15, 0.2) is 24.3 Å². The third-order valence-corrected chi connectivity index (χ3v) is 6.44. The van der Waals surface area contributed by atoms with E-state index in [1.807, 2.05) is 0 Å². The van der Waals surface area contributed by atoms with Crippen molar-refractivity contribution in [1.82, 2.24) is 9.80 Å². The lowest BCUT2D eigenvalue weighted by Crippen LogP contribution is -2.50. The summed E-state index contributed by atoms with van der Waals surface area (Å²) >= 11 is 0. The summed E-state index contributed by atoms with van der Waals surface area (Å²) < 4.78 is 51.8. The number of hydrogen-bond donors (Lipinski definition) is 0. The maximum atomic E-state index is 12.1. The monoisotopic (exact) mass is 360 g/mol. The number of sulfone groups is 1. The maximum absolute atomic E-state index is 12.1. The fraction of sp³-hybridized carbons (Fsp3) is 0.625. The molecule has 5 nitrogen and oxygen atoms in total. The van der Waals surface area contributed by atoms with Crippen LogP contribution >= 0.6 is 0 Å². The maximum Gasteiger partial charge on any atom is 0.387 e. The predicted molar refractivity (Wildman–Crippen MR) is 87.0 cm³/mol. The Labute approximate surface area is 141 Å². The highest BCUT2D eigenvalue weighted by Gasteiger charge is 2.33. The summed E-state index contributed by atoms with van der Waals surface area (Å²) in [6.45, 7) is 1.45. The standard InChI is InChI=1S/C16H22F2N2O3S/c17-16(18)23-15-3-1-13(2-4-15)11-19-6-8-20(9-7-19)14-5-10-24(21,22)12-14/h1-4,14,16H,5-12H2. The zero-order valence-corrected chi connectivity index (χ0v) is 14.2. The first-order chi connectivity index (χ1) is 11.4. The van der Waals surface area contributed by atoms with E-state index in [0.717, 1.165) is 44.7 Å². The van der Waals surface area contributed by atoms with Crippen LogP contribution in [0, 0.1) is 0 Å². The second-order valence-corrected chi connectivity index (χ2v) is 8.62. The number of benzene rings is 1. The number of alkyl halides is 2. The third kappa shape index (κ3) is 4.64. The Morgan fingerprint density at radius 2 is 1.79 bits per heavy atom. The van der Waals surface area contributed by atoms with Crippen LogP contribution in [0.5, 0.6) is 5.75 Å². The lowest BCUT2D eigenvalue weighted by Gasteiger charge is -2.37. The lowest BCUT2D eigenvalue weighted by molar-refractivity contribution is -0.0498. The zero-order chi connectivity index (χ0) is 17.2. The molecule has 2 heterocycles. The molecule has 0 saturated carbocycles. The Morgan fingerprint density at radius 3 is 2.33 bits per heavy atom. The fourth-order valence-corrected chi connectivity index (χ4v) is 5.15. The third-order valence-electron chi connectivity index (χ3n) is 4.69. The number of hydrogen-bond acceptors (Lipinski definition) is 5. The van der Waals surface area contributed by atoms with Crippen LogP contribution in [0.1, 0.15) is 12.0 Å². The summed E-state index contributed by atoms with van der Waals surface area (Å²) in [4.78, 5) is 4.57. The molecule has 0 N–H and O–H groups in total. The van der Waals surface area contributed by atoms with Crippen molar-refractivity contribution in [2.45, 2.75) is 25.6 Å². The molecular formula is C16H22F2N2O3S. The van der Waals surface area contributed by atoms with Gasteiger partial charge in [0.1, 0.15) is 5.75 Å². The normalized spacial score (nSPS) is 25.2. The summed E-state index contributed by atoms with van der Waals surface area (Å²) in [6, 6.07) is 6.88. The van der Waals surface area contributed by atoms with E-state index in [9.17, 15) is 17.2 Å². The quantitative estimate of drug-likeness (QED) is 0.798. The van der Waals surface area contributed by atoms with Gasteiger partial charge in [-0.2, -0.15) is 8.78 Å². The van der Waals surface area contributed by atoms with Crippen LogP contribution in [0.3, 0.4) is 0 Å². The largest absolute Gasteiger partial charge is 0.435 e. The van der Waals surface area contributed by atoms with Crippen LogP contribution in [0.4, 0.5) is 8.78 Å². The van der Waals surface area contributed by atoms with Crippen molar-refractivity contribution in [1.29, 1.82) is 0 Å². The van der Waals surface area contributed by atoms with Crippen molar-refractivity contribution < 1.29 is 21.9 Å². The molecule has 2 fully saturated rings. The summed E-state index contributed by atoms with van der Waals surface area (Å²) in [7, 11) is -2.84. The predicted octanol–water partition coefficient (Wildman–Crippen LogP) is 1.59. The van der Waals surface area contributed by atoms with Gasteiger partial charge in [-0.05, 0) is 24.1 Å². The van der Waals surface area contributed by atoms with Crippen LogP contribution in [-0.4, -0.2) is 68.6 Å². The van der Waals surface area contributed by atoms with Gasteiger partial charge in [0.15, 0.2) is 9.84 Å². The molecule has 0 spiro atoms. The number of piperazine rings is 1. The molecule has 1 atom stereocenters. The van der Waals surface area contributed by atoms with E-state index in [2.05, 4.69) is 14.5 Å². The highest BCUT2D eigenvalue weighted by Crippen LogP contribution is 2.20. The van der Waals surface area contributed by atoms with Crippen LogP contribution < -0.4 is 4.74 Å². The van der Waals surface area contributed by atoms with Crippen molar-refractivity contribution in [3.05, 3.63) is 29.8 Å². The molecule has 0 bridgehead atoms. The molecule has 0 aromatic heterocycles. The molecule has 2 saturated heterocycles. The molecule has 2 aliphatic rings. The van der Waals surface area contributed by atoms with Crippen molar-refractivity contribution >= 4 is 9.84 Å². The lowest BCUT2D eigenvalue weighted by atomic mass is 10.1. The Morgan fingerprint density at radius 1 is 1.12 bits per heavy atom. The smallest absolute Gasteiger partial charge is 0.387 e. The van der Waals surface area contributed by atoms with Crippen LogP contribution in [-0.2, 0) is 16.4 Å². The topological polar surface area (TPSA) is 49.9 Å². The van der Waals surface area contributed by atoms with Gasteiger partial charge in [0.2, 0.25) is 0 Å². The van der Waals surface area contributed by atoms with Gasteiger partial charge >= 0.3 is 6.61 Å². The first kappa shape index (κ1) is 17.6. The Balaban J connectivity index is 1.47. The van der Waals surface area contributed by atoms with Crippen molar-refractivity contribution in [3.8, 4) is 5.75 Å². The van der Waals surface area contributed by atoms with Gasteiger partial charge in [-0.15, -0.1) is 0 Å². The average molecular weight is 360 g/mol. The van der Waals surface area contributed by atoms with Gasteiger partial charge in [-0.3, -0.25) is 9.80 Å². The van der Waals surface area contributed by atoms with Gasteiger partial charge in [-0.1, -0.05) is 12.1 Å². The molecule has 1 aromatic carbocycles. The van der Waals surface area contributed by atoms with E-state index in [1.54, 1.807) is 24.3 Å².